The van der Waals surface area contributed by atoms with Crippen LogP contribution in [-0.2, 0) is 0 Å². The van der Waals surface area contributed by atoms with Crippen molar-refractivity contribution in [1.29, 1.82) is 0 Å². The summed E-state index contributed by atoms with van der Waals surface area (Å²) in [5.41, 5.74) is 1.14. The third kappa shape index (κ3) is 3.40. The van der Waals surface area contributed by atoms with Crippen LogP contribution in [0.25, 0.3) is 22.6 Å². The van der Waals surface area contributed by atoms with Crippen LogP contribution >= 0.6 is 0 Å². The van der Waals surface area contributed by atoms with Crippen LogP contribution in [0.4, 0.5) is 0 Å². The fourth-order valence-corrected chi connectivity index (χ4v) is 3.36. The van der Waals surface area contributed by atoms with Crippen LogP contribution in [0.5, 0.6) is 5.75 Å². The molecule has 0 bridgehead atoms. The summed E-state index contributed by atoms with van der Waals surface area (Å²) in [4.78, 5) is 31.7. The molecule has 0 spiro atoms. The lowest BCUT2D eigenvalue weighted by Crippen LogP contribution is -2.32. The van der Waals surface area contributed by atoms with Crippen molar-refractivity contribution in [3.05, 3.63) is 34.1 Å². The molecule has 3 aromatic rings. The van der Waals surface area contributed by atoms with Gasteiger partial charge in [0.05, 0.1) is 12.2 Å². The molecule has 1 aliphatic carbocycles. The molecule has 1 fully saturated rings. The number of H-pyrrole nitrogens is 2. The SMILES string of the molecule is CCOc1cc(C(=O)NC2CCCC2)ccc1-c1nc2[nH]nnc2c(=O)[nH]1. The number of amides is 1. The molecule has 0 unspecified atom stereocenters. The van der Waals surface area contributed by atoms with Crippen molar-refractivity contribution in [3.8, 4) is 17.1 Å². The Morgan fingerprint density at radius 2 is 2.15 bits per heavy atom. The number of hydrogen-bond acceptors (Lipinski definition) is 6. The molecule has 2 aromatic heterocycles. The lowest BCUT2D eigenvalue weighted by atomic mass is 10.1. The van der Waals surface area contributed by atoms with Crippen molar-refractivity contribution < 1.29 is 9.53 Å². The van der Waals surface area contributed by atoms with E-state index < -0.39 is 5.56 Å². The van der Waals surface area contributed by atoms with Crippen molar-refractivity contribution in [2.75, 3.05) is 6.61 Å². The summed E-state index contributed by atoms with van der Waals surface area (Å²) in [6.07, 6.45) is 4.34. The lowest BCUT2D eigenvalue weighted by Gasteiger charge is -2.14. The van der Waals surface area contributed by atoms with E-state index in [1.165, 1.54) is 0 Å². The highest BCUT2D eigenvalue weighted by Crippen LogP contribution is 2.29. The molecule has 1 aromatic carbocycles. The number of hydrogen-bond donors (Lipinski definition) is 3. The van der Waals surface area contributed by atoms with E-state index in [0.717, 1.165) is 25.7 Å². The highest BCUT2D eigenvalue weighted by molar-refractivity contribution is 5.95. The van der Waals surface area contributed by atoms with E-state index >= 15 is 0 Å². The summed E-state index contributed by atoms with van der Waals surface area (Å²) >= 11 is 0. The van der Waals surface area contributed by atoms with E-state index in [4.69, 9.17) is 4.74 Å². The van der Waals surface area contributed by atoms with Crippen LogP contribution in [0.1, 0.15) is 43.0 Å². The number of aromatic amines is 2. The van der Waals surface area contributed by atoms with Gasteiger partial charge in [-0.3, -0.25) is 9.59 Å². The van der Waals surface area contributed by atoms with E-state index in [9.17, 15) is 9.59 Å². The quantitative estimate of drug-likeness (QED) is 0.630. The first-order chi connectivity index (χ1) is 13.2. The molecule has 0 atom stereocenters. The molecule has 2 heterocycles. The Balaban J connectivity index is 1.69. The molecule has 0 radical (unpaired) electrons. The minimum atomic E-state index is -0.394. The van der Waals surface area contributed by atoms with Crippen LogP contribution < -0.4 is 15.6 Å². The number of nitrogens with one attached hydrogen (secondary N) is 3. The van der Waals surface area contributed by atoms with Crippen molar-refractivity contribution >= 4 is 17.1 Å². The first kappa shape index (κ1) is 17.2. The Hall–Kier alpha value is -3.23. The second-order valence-electron chi connectivity index (χ2n) is 6.52. The molecule has 9 heteroatoms. The Morgan fingerprint density at radius 1 is 1.33 bits per heavy atom. The minimum Gasteiger partial charge on any atom is -0.493 e. The normalized spacial score (nSPS) is 14.6. The first-order valence-corrected chi connectivity index (χ1v) is 9.05. The Morgan fingerprint density at radius 3 is 2.93 bits per heavy atom. The molecular weight excluding hydrogens is 348 g/mol. The number of nitrogens with zero attached hydrogens (tertiary/aromatic N) is 3. The highest BCUT2D eigenvalue weighted by atomic mass is 16.5. The number of rotatable bonds is 5. The lowest BCUT2D eigenvalue weighted by molar-refractivity contribution is 0.0937. The van der Waals surface area contributed by atoms with E-state index in [-0.39, 0.29) is 17.5 Å². The van der Waals surface area contributed by atoms with Gasteiger partial charge in [0, 0.05) is 11.6 Å². The summed E-state index contributed by atoms with van der Waals surface area (Å²) in [7, 11) is 0. The van der Waals surface area contributed by atoms with Gasteiger partial charge in [-0.2, -0.15) is 0 Å². The Bertz CT molecular complexity index is 1030. The Kier molecular flexibility index (Phi) is 4.57. The number of ether oxygens (including phenoxy) is 1. The fraction of sp³-hybridized carbons (Fsp3) is 0.389. The number of aromatic nitrogens is 5. The molecule has 27 heavy (non-hydrogen) atoms. The third-order valence-corrected chi connectivity index (χ3v) is 4.69. The zero-order chi connectivity index (χ0) is 18.8. The largest absolute Gasteiger partial charge is 0.493 e. The zero-order valence-corrected chi connectivity index (χ0v) is 14.9. The summed E-state index contributed by atoms with van der Waals surface area (Å²) in [6, 6.07) is 5.35. The molecule has 3 N–H and O–H groups in total. The van der Waals surface area contributed by atoms with Gasteiger partial charge in [-0.25, -0.2) is 10.1 Å². The van der Waals surface area contributed by atoms with Crippen molar-refractivity contribution in [2.45, 2.75) is 38.6 Å². The number of carbonyl (C=O) groups is 1. The molecule has 0 saturated heterocycles. The number of fused-ring (bicyclic) bond motifs is 1. The average molecular weight is 368 g/mol. The summed E-state index contributed by atoms with van der Waals surface area (Å²) < 4.78 is 5.70. The van der Waals surface area contributed by atoms with Gasteiger partial charge in [-0.05, 0) is 38.0 Å². The van der Waals surface area contributed by atoms with Crippen LogP contribution in [0, 0.1) is 0 Å². The van der Waals surface area contributed by atoms with Gasteiger partial charge >= 0.3 is 0 Å². The topological polar surface area (TPSA) is 126 Å². The van der Waals surface area contributed by atoms with Crippen LogP contribution in [0.15, 0.2) is 23.0 Å². The molecule has 0 aliphatic heterocycles. The maximum atomic E-state index is 12.5. The van der Waals surface area contributed by atoms with Gasteiger partial charge in [0.2, 0.25) is 0 Å². The summed E-state index contributed by atoms with van der Waals surface area (Å²) in [5, 5.41) is 13.0. The van der Waals surface area contributed by atoms with Crippen LogP contribution in [0.2, 0.25) is 0 Å². The minimum absolute atomic E-state index is 0.121. The average Bonchev–Trinajstić information content (AvgIpc) is 3.33. The van der Waals surface area contributed by atoms with Gasteiger partial charge in [0.15, 0.2) is 11.2 Å². The second kappa shape index (κ2) is 7.18. The molecule has 1 aliphatic rings. The molecule has 1 saturated carbocycles. The predicted octanol–water partition coefficient (Wildman–Crippen LogP) is 1.78. The molecule has 140 valence electrons. The van der Waals surface area contributed by atoms with E-state index in [2.05, 4.69) is 30.7 Å². The van der Waals surface area contributed by atoms with Crippen molar-refractivity contribution in [3.63, 3.8) is 0 Å². The van der Waals surface area contributed by atoms with E-state index in [1.807, 2.05) is 6.92 Å². The first-order valence-electron chi connectivity index (χ1n) is 9.05. The maximum Gasteiger partial charge on any atom is 0.281 e. The van der Waals surface area contributed by atoms with E-state index in [0.29, 0.717) is 35.0 Å². The van der Waals surface area contributed by atoms with Crippen LogP contribution in [0.3, 0.4) is 0 Å². The second-order valence-corrected chi connectivity index (χ2v) is 6.52. The summed E-state index contributed by atoms with van der Waals surface area (Å²) in [5.74, 6) is 0.681. The van der Waals surface area contributed by atoms with Gasteiger partial charge in [0.1, 0.15) is 11.6 Å². The maximum absolute atomic E-state index is 12.5. The number of benzene rings is 1. The standard InChI is InChI=1S/C18H20N6O3/c1-2-27-13-9-10(17(25)19-11-5-3-4-6-11)7-8-12(13)15-20-16-14(18(26)21-15)22-24-23-16/h7-9,11H,2-6H2,1H3,(H,19,25)(H2,20,21,22,23,24,26). The third-order valence-electron chi connectivity index (χ3n) is 4.69. The molecule has 9 nitrogen and oxygen atoms in total. The van der Waals surface area contributed by atoms with Gasteiger partial charge in [-0.1, -0.05) is 18.1 Å². The number of carbonyl (C=O) groups excluding carboxylic acids is 1. The van der Waals surface area contributed by atoms with Crippen LogP contribution in [-0.4, -0.2) is 43.9 Å². The zero-order valence-electron chi connectivity index (χ0n) is 14.9. The monoisotopic (exact) mass is 368 g/mol. The predicted molar refractivity (Wildman–Crippen MR) is 98.6 cm³/mol. The molecule has 1 amide bonds. The smallest absolute Gasteiger partial charge is 0.281 e. The van der Waals surface area contributed by atoms with Crippen molar-refractivity contribution in [2.24, 2.45) is 0 Å². The fourth-order valence-electron chi connectivity index (χ4n) is 3.36. The van der Waals surface area contributed by atoms with Gasteiger partial charge in [0.25, 0.3) is 11.5 Å². The molecular formula is C18H20N6O3. The van der Waals surface area contributed by atoms with E-state index in [1.54, 1.807) is 18.2 Å². The summed E-state index contributed by atoms with van der Waals surface area (Å²) in [6.45, 7) is 2.27. The van der Waals surface area contributed by atoms with Crippen molar-refractivity contribution in [1.82, 2.24) is 30.7 Å². The Labute approximate surface area is 154 Å². The van der Waals surface area contributed by atoms with Gasteiger partial charge in [-0.15, -0.1) is 5.10 Å². The highest BCUT2D eigenvalue weighted by Gasteiger charge is 2.20. The van der Waals surface area contributed by atoms with Gasteiger partial charge < -0.3 is 15.0 Å². The molecule has 4 rings (SSSR count).